The Balaban J connectivity index is 1.72. The highest BCUT2D eigenvalue weighted by molar-refractivity contribution is 7.98. The van der Waals surface area contributed by atoms with Crippen molar-refractivity contribution in [2.45, 2.75) is 17.6 Å². The minimum absolute atomic E-state index is 0.198. The largest absolute Gasteiger partial charge is 0.321 e. The summed E-state index contributed by atoms with van der Waals surface area (Å²) in [5.41, 5.74) is 5.53. The average Bonchev–Trinajstić information content (AvgIpc) is 2.94. The first-order chi connectivity index (χ1) is 12.0. The molecule has 1 aromatic heterocycles. The summed E-state index contributed by atoms with van der Waals surface area (Å²) in [6, 6.07) is 13.5. The Hall–Kier alpha value is -2.24. The Labute approximate surface area is 155 Å². The van der Waals surface area contributed by atoms with Crippen molar-refractivity contribution in [3.63, 3.8) is 0 Å². The highest BCUT2D eigenvalue weighted by Crippen LogP contribution is 2.43. The van der Waals surface area contributed by atoms with Crippen molar-refractivity contribution in [1.82, 2.24) is 9.78 Å². The van der Waals surface area contributed by atoms with Crippen molar-refractivity contribution in [1.29, 1.82) is 0 Å². The molecule has 1 aliphatic rings. The quantitative estimate of drug-likeness (QED) is 0.698. The summed E-state index contributed by atoms with van der Waals surface area (Å²) in [7, 11) is 1.89. The van der Waals surface area contributed by atoms with Gasteiger partial charge in [-0.05, 0) is 43.3 Å². The van der Waals surface area contributed by atoms with E-state index in [1.807, 2.05) is 11.7 Å². The molecule has 4 rings (SSSR count). The Morgan fingerprint density at radius 3 is 2.76 bits per heavy atom. The van der Waals surface area contributed by atoms with Crippen LogP contribution in [0.15, 0.2) is 47.4 Å². The molecule has 0 radical (unpaired) electrons. The fraction of sp³-hybridized carbons (Fsp3) is 0.158. The van der Waals surface area contributed by atoms with Gasteiger partial charge in [0.15, 0.2) is 5.69 Å². The van der Waals surface area contributed by atoms with E-state index in [9.17, 15) is 4.79 Å². The molecular weight excluding hydrogens is 354 g/mol. The lowest BCUT2D eigenvalue weighted by atomic mass is 10.0. The van der Waals surface area contributed by atoms with Gasteiger partial charge in [-0.2, -0.15) is 5.10 Å². The van der Waals surface area contributed by atoms with E-state index >= 15 is 0 Å². The van der Waals surface area contributed by atoms with Crippen LogP contribution in [-0.2, 0) is 12.8 Å². The van der Waals surface area contributed by atoms with Gasteiger partial charge in [0, 0.05) is 39.5 Å². The van der Waals surface area contributed by atoms with Crippen LogP contribution in [0.3, 0.4) is 0 Å². The third-order valence-electron chi connectivity index (χ3n) is 4.22. The van der Waals surface area contributed by atoms with E-state index in [-0.39, 0.29) is 5.91 Å². The van der Waals surface area contributed by atoms with Crippen LogP contribution in [0.1, 0.15) is 21.6 Å². The third kappa shape index (κ3) is 2.94. The monoisotopic (exact) mass is 369 g/mol. The lowest BCUT2D eigenvalue weighted by Crippen LogP contribution is -2.14. The molecule has 0 fully saturated rings. The first-order valence-corrected chi connectivity index (χ1v) is 9.26. The summed E-state index contributed by atoms with van der Waals surface area (Å²) in [6.45, 7) is 2.07. The molecule has 2 heterocycles. The average molecular weight is 370 g/mol. The van der Waals surface area contributed by atoms with E-state index in [4.69, 9.17) is 11.6 Å². The summed E-state index contributed by atoms with van der Waals surface area (Å²) in [4.78, 5) is 14.0. The maximum Gasteiger partial charge on any atom is 0.276 e. The number of thioether (sulfide) groups is 1. The predicted molar refractivity (Wildman–Crippen MR) is 102 cm³/mol. The van der Waals surface area contributed by atoms with Crippen molar-refractivity contribution < 1.29 is 4.79 Å². The number of carbonyl (C=O) groups is 1. The van der Waals surface area contributed by atoms with Crippen LogP contribution in [0.5, 0.6) is 0 Å². The van der Waals surface area contributed by atoms with Crippen molar-refractivity contribution in [2.75, 3.05) is 5.32 Å². The molecule has 0 bridgehead atoms. The number of nitrogens with zero attached hydrogens (tertiary/aromatic N) is 2. The molecule has 0 atom stereocenters. The van der Waals surface area contributed by atoms with E-state index < -0.39 is 0 Å². The maximum absolute atomic E-state index is 12.7. The smallest absolute Gasteiger partial charge is 0.276 e. The van der Waals surface area contributed by atoms with Crippen molar-refractivity contribution in [3.8, 4) is 11.3 Å². The number of anilines is 1. The summed E-state index contributed by atoms with van der Waals surface area (Å²) in [6.07, 6.45) is 0. The standard InChI is InChI=1S/C19H16ClN3OS/c1-11-3-8-16-14(9-11)18-15(10-25-16)17(22-23(18)2)19(24)21-13-6-4-12(20)5-7-13/h3-9H,10H2,1-2H3,(H,21,24). The van der Waals surface area contributed by atoms with Crippen molar-refractivity contribution in [3.05, 3.63) is 64.3 Å². The highest BCUT2D eigenvalue weighted by atomic mass is 35.5. The number of fused-ring (bicyclic) bond motifs is 3. The molecule has 4 nitrogen and oxygen atoms in total. The van der Waals surface area contributed by atoms with Gasteiger partial charge >= 0.3 is 0 Å². The number of halogens is 1. The van der Waals surface area contributed by atoms with Gasteiger partial charge < -0.3 is 5.32 Å². The summed E-state index contributed by atoms with van der Waals surface area (Å²) < 4.78 is 1.81. The molecule has 3 aromatic rings. The molecule has 0 aliphatic carbocycles. The first-order valence-electron chi connectivity index (χ1n) is 7.89. The predicted octanol–water partition coefficient (Wildman–Crippen LogP) is 4.91. The van der Waals surface area contributed by atoms with Gasteiger partial charge in [-0.3, -0.25) is 9.48 Å². The summed E-state index contributed by atoms with van der Waals surface area (Å²) in [5, 5.41) is 8.04. The van der Waals surface area contributed by atoms with Crippen LogP contribution >= 0.6 is 23.4 Å². The second kappa shape index (κ2) is 6.24. The number of carbonyl (C=O) groups excluding carboxylic acids is 1. The molecule has 1 aliphatic heterocycles. The van der Waals surface area contributed by atoms with E-state index in [1.54, 1.807) is 36.0 Å². The molecule has 1 N–H and O–H groups in total. The summed E-state index contributed by atoms with van der Waals surface area (Å²) in [5.74, 6) is 0.540. The van der Waals surface area contributed by atoms with Gasteiger partial charge in [0.1, 0.15) is 0 Å². The van der Waals surface area contributed by atoms with Gasteiger partial charge in [-0.15, -0.1) is 11.8 Å². The molecule has 126 valence electrons. The third-order valence-corrected chi connectivity index (χ3v) is 5.58. The van der Waals surface area contributed by atoms with Gasteiger partial charge in [-0.1, -0.05) is 23.2 Å². The fourth-order valence-corrected chi connectivity index (χ4v) is 4.23. The van der Waals surface area contributed by atoms with Gasteiger partial charge in [0.2, 0.25) is 0 Å². The highest BCUT2D eigenvalue weighted by Gasteiger charge is 2.27. The van der Waals surface area contributed by atoms with Crippen LogP contribution in [0.2, 0.25) is 5.02 Å². The van der Waals surface area contributed by atoms with E-state index in [1.165, 1.54) is 10.5 Å². The number of hydrogen-bond acceptors (Lipinski definition) is 3. The zero-order valence-corrected chi connectivity index (χ0v) is 15.4. The number of rotatable bonds is 2. The number of nitrogens with one attached hydrogen (secondary N) is 1. The van der Waals surface area contributed by atoms with Crippen LogP contribution < -0.4 is 5.32 Å². The fourth-order valence-electron chi connectivity index (χ4n) is 3.05. The van der Waals surface area contributed by atoms with Crippen LogP contribution in [-0.4, -0.2) is 15.7 Å². The van der Waals surface area contributed by atoms with Crippen LogP contribution in [0, 0.1) is 6.92 Å². The van der Waals surface area contributed by atoms with Gasteiger partial charge in [-0.25, -0.2) is 0 Å². The summed E-state index contributed by atoms with van der Waals surface area (Å²) >= 11 is 7.64. The normalized spacial score (nSPS) is 12.4. The molecule has 0 unspecified atom stereocenters. The minimum atomic E-state index is -0.198. The Morgan fingerprint density at radius 1 is 1.24 bits per heavy atom. The second-order valence-electron chi connectivity index (χ2n) is 6.05. The molecule has 2 aromatic carbocycles. The number of benzene rings is 2. The lowest BCUT2D eigenvalue weighted by molar-refractivity contribution is 0.102. The van der Waals surface area contributed by atoms with Crippen LogP contribution in [0.4, 0.5) is 5.69 Å². The number of aromatic nitrogens is 2. The first kappa shape index (κ1) is 16.2. The molecule has 25 heavy (non-hydrogen) atoms. The van der Waals surface area contributed by atoms with Crippen molar-refractivity contribution >= 4 is 35.0 Å². The van der Waals surface area contributed by atoms with E-state index in [0.29, 0.717) is 16.4 Å². The van der Waals surface area contributed by atoms with Gasteiger partial charge in [0.05, 0.1) is 5.69 Å². The van der Waals surface area contributed by atoms with E-state index in [0.717, 1.165) is 22.6 Å². The maximum atomic E-state index is 12.7. The Bertz CT molecular complexity index is 979. The lowest BCUT2D eigenvalue weighted by Gasteiger charge is -2.17. The molecule has 0 spiro atoms. The molecule has 1 amide bonds. The Kier molecular flexibility index (Phi) is 4.06. The molecule has 0 saturated heterocycles. The number of amides is 1. The van der Waals surface area contributed by atoms with Gasteiger partial charge in [0.25, 0.3) is 5.91 Å². The molecule has 6 heteroatoms. The van der Waals surface area contributed by atoms with Crippen molar-refractivity contribution in [2.24, 2.45) is 7.05 Å². The van der Waals surface area contributed by atoms with E-state index in [2.05, 4.69) is 35.5 Å². The minimum Gasteiger partial charge on any atom is -0.321 e. The topological polar surface area (TPSA) is 46.9 Å². The zero-order valence-electron chi connectivity index (χ0n) is 13.8. The molecular formula is C19H16ClN3OS. The molecule has 0 saturated carbocycles. The number of aryl methyl sites for hydroxylation is 2. The zero-order chi connectivity index (χ0) is 17.6. The Morgan fingerprint density at radius 2 is 2.00 bits per heavy atom. The van der Waals surface area contributed by atoms with Crippen LogP contribution in [0.25, 0.3) is 11.3 Å². The SMILES string of the molecule is Cc1ccc2c(c1)-c1c(c(C(=O)Nc3ccc(Cl)cc3)nn1C)CS2. The second-order valence-corrected chi connectivity index (χ2v) is 7.50. The number of hydrogen-bond donors (Lipinski definition) is 1.